The third-order valence-corrected chi connectivity index (χ3v) is 2.73. The first-order chi connectivity index (χ1) is 7.31. The molecule has 2 N–H and O–H groups in total. The molecule has 1 aromatic heterocycles. The molecule has 1 saturated heterocycles. The molecule has 0 saturated carbocycles. The quantitative estimate of drug-likeness (QED) is 0.734. The van der Waals surface area contributed by atoms with Crippen LogP contribution >= 0.6 is 0 Å². The fourth-order valence-electron chi connectivity index (χ4n) is 1.87. The number of rotatable bonds is 2. The van der Waals surface area contributed by atoms with Crippen molar-refractivity contribution in [3.8, 4) is 0 Å². The van der Waals surface area contributed by atoms with Crippen LogP contribution in [0.1, 0.15) is 25.1 Å². The fraction of sp³-hybridized carbons (Fsp3) is 0.600. The number of imidazole rings is 1. The van der Waals surface area contributed by atoms with Gasteiger partial charge in [-0.05, 0) is 0 Å². The largest absolute Gasteiger partial charge is 0.347 e. The molecule has 0 aliphatic carbocycles. The van der Waals surface area contributed by atoms with Crippen LogP contribution in [0.2, 0.25) is 0 Å². The van der Waals surface area contributed by atoms with Crippen LogP contribution in [-0.2, 0) is 4.79 Å². The van der Waals surface area contributed by atoms with Gasteiger partial charge >= 0.3 is 0 Å². The van der Waals surface area contributed by atoms with E-state index in [1.807, 2.05) is 11.8 Å². The number of aromatic amines is 1. The molecule has 1 atom stereocenters. The SMILES string of the molecule is CCC(=O)N1CCNC(c2cnc[nH]2)C1. The zero-order valence-corrected chi connectivity index (χ0v) is 8.86. The molecule has 2 heterocycles. The van der Waals surface area contributed by atoms with E-state index in [0.717, 1.165) is 25.3 Å². The number of nitrogens with zero attached hydrogens (tertiary/aromatic N) is 2. The van der Waals surface area contributed by atoms with Crippen LogP contribution in [0, 0.1) is 0 Å². The van der Waals surface area contributed by atoms with E-state index in [9.17, 15) is 4.79 Å². The van der Waals surface area contributed by atoms with E-state index in [0.29, 0.717) is 6.42 Å². The average Bonchev–Trinajstić information content (AvgIpc) is 2.82. The lowest BCUT2D eigenvalue weighted by Gasteiger charge is -2.33. The van der Waals surface area contributed by atoms with Crippen LogP contribution in [0.15, 0.2) is 12.5 Å². The predicted molar refractivity (Wildman–Crippen MR) is 56.2 cm³/mol. The second kappa shape index (κ2) is 4.44. The first kappa shape index (κ1) is 10.2. The molecule has 1 unspecified atom stereocenters. The highest BCUT2D eigenvalue weighted by Gasteiger charge is 2.23. The summed E-state index contributed by atoms with van der Waals surface area (Å²) in [5.41, 5.74) is 1.05. The minimum absolute atomic E-state index is 0.191. The van der Waals surface area contributed by atoms with Crippen molar-refractivity contribution < 1.29 is 4.79 Å². The molecule has 15 heavy (non-hydrogen) atoms. The molecule has 1 fully saturated rings. The third kappa shape index (κ3) is 2.18. The Morgan fingerprint density at radius 2 is 2.60 bits per heavy atom. The third-order valence-electron chi connectivity index (χ3n) is 2.73. The Morgan fingerprint density at radius 3 is 3.27 bits per heavy atom. The summed E-state index contributed by atoms with van der Waals surface area (Å²) in [5, 5.41) is 3.37. The minimum Gasteiger partial charge on any atom is -0.347 e. The lowest BCUT2D eigenvalue weighted by molar-refractivity contribution is -0.132. The molecule has 0 spiro atoms. The Hall–Kier alpha value is -1.36. The minimum atomic E-state index is 0.191. The van der Waals surface area contributed by atoms with Crippen molar-refractivity contribution in [1.29, 1.82) is 0 Å². The number of piperazine rings is 1. The van der Waals surface area contributed by atoms with Gasteiger partial charge in [-0.3, -0.25) is 4.79 Å². The zero-order valence-electron chi connectivity index (χ0n) is 8.86. The lowest BCUT2D eigenvalue weighted by atomic mass is 10.1. The van der Waals surface area contributed by atoms with Gasteiger partial charge in [-0.1, -0.05) is 6.92 Å². The van der Waals surface area contributed by atoms with E-state index in [1.165, 1.54) is 0 Å². The molecular formula is C10H16N4O. The van der Waals surface area contributed by atoms with Gasteiger partial charge in [0.15, 0.2) is 0 Å². The van der Waals surface area contributed by atoms with E-state index < -0.39 is 0 Å². The summed E-state index contributed by atoms with van der Waals surface area (Å²) in [6.45, 7) is 4.27. The summed E-state index contributed by atoms with van der Waals surface area (Å²) >= 11 is 0. The van der Waals surface area contributed by atoms with Gasteiger partial charge in [-0.25, -0.2) is 4.98 Å². The van der Waals surface area contributed by atoms with Crippen molar-refractivity contribution in [2.75, 3.05) is 19.6 Å². The fourth-order valence-corrected chi connectivity index (χ4v) is 1.87. The van der Waals surface area contributed by atoms with E-state index in [-0.39, 0.29) is 11.9 Å². The Morgan fingerprint density at radius 1 is 1.73 bits per heavy atom. The normalized spacial score (nSPS) is 21.7. The highest BCUT2D eigenvalue weighted by atomic mass is 16.2. The molecular weight excluding hydrogens is 192 g/mol. The van der Waals surface area contributed by atoms with Gasteiger partial charge in [-0.15, -0.1) is 0 Å². The first-order valence-corrected chi connectivity index (χ1v) is 5.30. The summed E-state index contributed by atoms with van der Waals surface area (Å²) in [5.74, 6) is 0.223. The monoisotopic (exact) mass is 208 g/mol. The molecule has 1 aromatic rings. The number of hydrogen-bond acceptors (Lipinski definition) is 3. The van der Waals surface area contributed by atoms with E-state index >= 15 is 0 Å². The Balaban J connectivity index is 2.01. The molecule has 5 heteroatoms. The second-order valence-corrected chi connectivity index (χ2v) is 3.71. The molecule has 2 rings (SSSR count). The van der Waals surface area contributed by atoms with Gasteiger partial charge < -0.3 is 15.2 Å². The smallest absolute Gasteiger partial charge is 0.222 e. The van der Waals surface area contributed by atoms with Crippen LogP contribution in [0.5, 0.6) is 0 Å². The van der Waals surface area contributed by atoms with E-state index in [1.54, 1.807) is 12.5 Å². The molecule has 1 aliphatic rings. The van der Waals surface area contributed by atoms with Crippen molar-refractivity contribution in [1.82, 2.24) is 20.2 Å². The van der Waals surface area contributed by atoms with Crippen LogP contribution in [0.4, 0.5) is 0 Å². The second-order valence-electron chi connectivity index (χ2n) is 3.71. The average molecular weight is 208 g/mol. The van der Waals surface area contributed by atoms with Gasteiger partial charge in [0.1, 0.15) is 0 Å². The standard InChI is InChI=1S/C10H16N4O/c1-2-10(15)14-4-3-12-9(6-14)8-5-11-7-13-8/h5,7,9,12H,2-4,6H2,1H3,(H,11,13). The van der Waals surface area contributed by atoms with Gasteiger partial charge in [-0.2, -0.15) is 0 Å². The highest BCUT2D eigenvalue weighted by Crippen LogP contribution is 2.14. The van der Waals surface area contributed by atoms with Crippen LogP contribution in [0.3, 0.4) is 0 Å². The van der Waals surface area contributed by atoms with E-state index in [2.05, 4.69) is 15.3 Å². The Bertz CT molecular complexity index is 322. The summed E-state index contributed by atoms with van der Waals surface area (Å²) in [7, 11) is 0. The van der Waals surface area contributed by atoms with E-state index in [4.69, 9.17) is 0 Å². The number of hydrogen-bond donors (Lipinski definition) is 2. The van der Waals surface area contributed by atoms with Crippen LogP contribution in [-0.4, -0.2) is 40.4 Å². The highest BCUT2D eigenvalue weighted by molar-refractivity contribution is 5.76. The topological polar surface area (TPSA) is 61.0 Å². The van der Waals surface area contributed by atoms with Crippen molar-refractivity contribution in [2.45, 2.75) is 19.4 Å². The van der Waals surface area contributed by atoms with Gasteiger partial charge in [0.2, 0.25) is 5.91 Å². The molecule has 1 aliphatic heterocycles. The summed E-state index contributed by atoms with van der Waals surface area (Å²) < 4.78 is 0. The van der Waals surface area contributed by atoms with Crippen molar-refractivity contribution in [3.63, 3.8) is 0 Å². The maximum absolute atomic E-state index is 11.6. The molecule has 82 valence electrons. The molecule has 0 bridgehead atoms. The van der Waals surface area contributed by atoms with Gasteiger partial charge in [0.05, 0.1) is 18.1 Å². The van der Waals surface area contributed by atoms with Crippen molar-refractivity contribution in [3.05, 3.63) is 18.2 Å². The number of nitrogens with one attached hydrogen (secondary N) is 2. The zero-order chi connectivity index (χ0) is 10.7. The maximum atomic E-state index is 11.6. The molecule has 1 amide bonds. The van der Waals surface area contributed by atoms with Crippen molar-refractivity contribution in [2.24, 2.45) is 0 Å². The Labute approximate surface area is 88.9 Å². The Kier molecular flexibility index (Phi) is 3.01. The number of amides is 1. The lowest BCUT2D eigenvalue weighted by Crippen LogP contribution is -2.48. The summed E-state index contributed by atoms with van der Waals surface area (Å²) in [6, 6.07) is 0.191. The number of carbonyl (C=O) groups is 1. The van der Waals surface area contributed by atoms with Crippen LogP contribution in [0.25, 0.3) is 0 Å². The number of carbonyl (C=O) groups excluding carboxylic acids is 1. The first-order valence-electron chi connectivity index (χ1n) is 5.30. The van der Waals surface area contributed by atoms with Crippen molar-refractivity contribution >= 4 is 5.91 Å². The molecule has 0 radical (unpaired) electrons. The summed E-state index contributed by atoms with van der Waals surface area (Å²) in [6.07, 6.45) is 4.05. The number of H-pyrrole nitrogens is 1. The summed E-state index contributed by atoms with van der Waals surface area (Å²) in [4.78, 5) is 20.5. The maximum Gasteiger partial charge on any atom is 0.222 e. The van der Waals surface area contributed by atoms with Crippen LogP contribution < -0.4 is 5.32 Å². The predicted octanol–water partition coefficient (Wildman–Crippen LogP) is 0.293. The molecule has 0 aromatic carbocycles. The molecule has 5 nitrogen and oxygen atoms in total. The van der Waals surface area contributed by atoms with Gasteiger partial charge in [0.25, 0.3) is 0 Å². The number of aromatic nitrogens is 2. The van der Waals surface area contributed by atoms with Gasteiger partial charge in [0, 0.05) is 32.3 Å².